The smallest absolute Gasteiger partial charge is 0.0691 e. The van der Waals surface area contributed by atoms with Crippen molar-refractivity contribution in [2.75, 3.05) is 13.2 Å². The number of hydrogen-bond acceptors (Lipinski definition) is 3. The zero-order valence-corrected chi connectivity index (χ0v) is 5.08. The van der Waals surface area contributed by atoms with E-state index in [9.17, 15) is 0 Å². The maximum atomic E-state index is 8.11. The molecule has 0 aromatic carbocycles. The molecule has 1 aliphatic heterocycles. The van der Waals surface area contributed by atoms with E-state index in [4.69, 9.17) is 9.94 Å². The lowest BCUT2D eigenvalue weighted by Gasteiger charge is -2.07. The molecule has 50 valence electrons. The molecule has 3 nitrogen and oxygen atoms in total. The highest BCUT2D eigenvalue weighted by molar-refractivity contribution is 5.77. The molecular weight excluding hydrogens is 118 g/mol. The van der Waals surface area contributed by atoms with Gasteiger partial charge >= 0.3 is 0 Å². The average molecular weight is 127 g/mol. The molecule has 1 N–H and O–H groups in total. The summed E-state index contributed by atoms with van der Waals surface area (Å²) < 4.78 is 5.03. The van der Waals surface area contributed by atoms with Crippen molar-refractivity contribution in [1.82, 2.24) is 0 Å². The van der Waals surface area contributed by atoms with Gasteiger partial charge in [-0.05, 0) is 12.0 Å². The molecule has 0 saturated carbocycles. The van der Waals surface area contributed by atoms with E-state index in [2.05, 4.69) is 5.16 Å². The Kier molecular flexibility index (Phi) is 2.27. The van der Waals surface area contributed by atoms with Gasteiger partial charge in [-0.15, -0.1) is 0 Å². The highest BCUT2D eigenvalue weighted by Crippen LogP contribution is 2.03. The highest BCUT2D eigenvalue weighted by atomic mass is 16.5. The van der Waals surface area contributed by atoms with Crippen LogP contribution in [-0.4, -0.2) is 24.6 Å². The van der Waals surface area contributed by atoms with Gasteiger partial charge in [0.05, 0.1) is 19.4 Å². The van der Waals surface area contributed by atoms with Gasteiger partial charge in [-0.2, -0.15) is 0 Å². The Morgan fingerprint density at radius 3 is 3.22 bits per heavy atom. The van der Waals surface area contributed by atoms with Crippen LogP contribution in [0.1, 0.15) is 6.42 Å². The van der Waals surface area contributed by atoms with Crippen molar-refractivity contribution in [3.05, 3.63) is 11.6 Å². The van der Waals surface area contributed by atoms with Crippen LogP contribution in [0.3, 0.4) is 0 Å². The fourth-order valence-electron chi connectivity index (χ4n) is 0.733. The summed E-state index contributed by atoms with van der Waals surface area (Å²) in [7, 11) is 0. The van der Waals surface area contributed by atoms with E-state index >= 15 is 0 Å². The van der Waals surface area contributed by atoms with E-state index < -0.39 is 0 Å². The monoisotopic (exact) mass is 127 g/mol. The van der Waals surface area contributed by atoms with Crippen LogP contribution in [0.5, 0.6) is 0 Å². The predicted molar refractivity (Wildman–Crippen MR) is 33.8 cm³/mol. The molecule has 0 atom stereocenters. The van der Waals surface area contributed by atoms with Gasteiger partial charge in [0.15, 0.2) is 0 Å². The molecule has 1 aliphatic rings. The SMILES string of the molecule is O/N=C/C1=CCOCC1. The van der Waals surface area contributed by atoms with E-state index in [1.807, 2.05) is 6.08 Å². The third-order valence-corrected chi connectivity index (χ3v) is 1.22. The van der Waals surface area contributed by atoms with Crippen molar-refractivity contribution in [1.29, 1.82) is 0 Å². The van der Waals surface area contributed by atoms with Gasteiger partial charge < -0.3 is 9.94 Å². The molecule has 1 rings (SSSR count). The van der Waals surface area contributed by atoms with Crippen molar-refractivity contribution in [3.63, 3.8) is 0 Å². The molecule has 0 fully saturated rings. The summed E-state index contributed by atoms with van der Waals surface area (Å²) in [5.41, 5.74) is 1.05. The van der Waals surface area contributed by atoms with Gasteiger partial charge in [0.2, 0.25) is 0 Å². The second kappa shape index (κ2) is 3.25. The van der Waals surface area contributed by atoms with Crippen LogP contribution >= 0.6 is 0 Å². The van der Waals surface area contributed by atoms with Crippen molar-refractivity contribution < 1.29 is 9.94 Å². The summed E-state index contributed by atoms with van der Waals surface area (Å²) in [5.74, 6) is 0. The molecular formula is C6H9NO2. The summed E-state index contributed by atoms with van der Waals surface area (Å²) in [6, 6.07) is 0. The first-order chi connectivity index (χ1) is 4.43. The highest BCUT2D eigenvalue weighted by Gasteiger charge is 1.99. The van der Waals surface area contributed by atoms with Gasteiger partial charge in [-0.25, -0.2) is 0 Å². The standard InChI is InChI=1S/C6H9NO2/c8-7-5-6-1-3-9-4-2-6/h1,5,8H,2-4H2/b7-5+. The van der Waals surface area contributed by atoms with Crippen molar-refractivity contribution in [3.8, 4) is 0 Å². The van der Waals surface area contributed by atoms with E-state index in [1.54, 1.807) is 0 Å². The first kappa shape index (κ1) is 6.29. The maximum Gasteiger partial charge on any atom is 0.0691 e. The third kappa shape index (κ3) is 1.85. The molecule has 0 aromatic heterocycles. The predicted octanol–water partition coefficient (Wildman–Crippen LogP) is 0.793. The summed E-state index contributed by atoms with van der Waals surface area (Å²) >= 11 is 0. The molecule has 0 aromatic rings. The fraction of sp³-hybridized carbons (Fsp3) is 0.500. The maximum absolute atomic E-state index is 8.11. The van der Waals surface area contributed by atoms with Crippen LogP contribution < -0.4 is 0 Å². The number of ether oxygens (including phenoxy) is 1. The fourth-order valence-corrected chi connectivity index (χ4v) is 0.733. The Labute approximate surface area is 53.6 Å². The quantitative estimate of drug-likeness (QED) is 0.321. The lowest BCUT2D eigenvalue weighted by molar-refractivity contribution is 0.156. The number of oxime groups is 1. The molecule has 0 bridgehead atoms. The Hall–Kier alpha value is -0.830. The van der Waals surface area contributed by atoms with Gasteiger partial charge in [-0.3, -0.25) is 0 Å². The number of hydrogen-bond donors (Lipinski definition) is 1. The zero-order chi connectivity index (χ0) is 6.53. The minimum Gasteiger partial charge on any atom is -0.411 e. The molecule has 9 heavy (non-hydrogen) atoms. The van der Waals surface area contributed by atoms with Crippen molar-refractivity contribution in [2.24, 2.45) is 5.16 Å². The van der Waals surface area contributed by atoms with Crippen molar-refractivity contribution in [2.45, 2.75) is 6.42 Å². The minimum absolute atomic E-state index is 0.640. The van der Waals surface area contributed by atoms with Crippen molar-refractivity contribution >= 4 is 6.21 Å². The molecule has 0 spiro atoms. The van der Waals surface area contributed by atoms with Gasteiger partial charge in [-0.1, -0.05) is 11.2 Å². The van der Waals surface area contributed by atoms with Crippen LogP contribution in [0.15, 0.2) is 16.8 Å². The first-order valence-corrected chi connectivity index (χ1v) is 2.87. The Bertz CT molecular complexity index is 140. The average Bonchev–Trinajstić information content (AvgIpc) is 1.91. The summed E-state index contributed by atoms with van der Waals surface area (Å²) in [4.78, 5) is 0. The minimum atomic E-state index is 0.640. The number of nitrogens with zero attached hydrogens (tertiary/aromatic N) is 1. The van der Waals surface area contributed by atoms with E-state index in [1.165, 1.54) is 6.21 Å². The Morgan fingerprint density at radius 1 is 1.78 bits per heavy atom. The lowest BCUT2D eigenvalue weighted by Crippen LogP contribution is -2.04. The van der Waals surface area contributed by atoms with Crippen LogP contribution in [0.2, 0.25) is 0 Å². The van der Waals surface area contributed by atoms with Gasteiger partial charge in [0.25, 0.3) is 0 Å². The lowest BCUT2D eigenvalue weighted by atomic mass is 10.2. The van der Waals surface area contributed by atoms with E-state index in [0.29, 0.717) is 6.61 Å². The van der Waals surface area contributed by atoms with Crippen LogP contribution in [0.25, 0.3) is 0 Å². The Balaban J connectivity index is 2.46. The van der Waals surface area contributed by atoms with E-state index in [0.717, 1.165) is 18.6 Å². The normalized spacial score (nSPS) is 20.2. The van der Waals surface area contributed by atoms with Crippen LogP contribution in [-0.2, 0) is 4.74 Å². The molecule has 1 heterocycles. The van der Waals surface area contributed by atoms with Gasteiger partial charge in [0.1, 0.15) is 0 Å². The molecule has 0 amide bonds. The molecule has 3 heteroatoms. The number of rotatable bonds is 1. The van der Waals surface area contributed by atoms with Gasteiger partial charge in [0, 0.05) is 0 Å². The topological polar surface area (TPSA) is 41.8 Å². The summed E-state index contributed by atoms with van der Waals surface area (Å²) in [5, 5.41) is 11.0. The second-order valence-corrected chi connectivity index (χ2v) is 1.85. The Morgan fingerprint density at radius 2 is 2.67 bits per heavy atom. The summed E-state index contributed by atoms with van der Waals surface area (Å²) in [6.45, 7) is 1.37. The van der Waals surface area contributed by atoms with Crippen LogP contribution in [0.4, 0.5) is 0 Å². The molecule has 0 aliphatic carbocycles. The largest absolute Gasteiger partial charge is 0.411 e. The molecule has 0 saturated heterocycles. The second-order valence-electron chi connectivity index (χ2n) is 1.85. The molecule has 0 radical (unpaired) electrons. The summed E-state index contributed by atoms with van der Waals surface area (Å²) in [6.07, 6.45) is 4.20. The van der Waals surface area contributed by atoms with Crippen LogP contribution in [0, 0.1) is 0 Å². The zero-order valence-electron chi connectivity index (χ0n) is 5.08. The molecule has 0 unspecified atom stereocenters. The first-order valence-electron chi connectivity index (χ1n) is 2.87. The third-order valence-electron chi connectivity index (χ3n) is 1.22. The van der Waals surface area contributed by atoms with E-state index in [-0.39, 0.29) is 0 Å².